The van der Waals surface area contributed by atoms with Crippen LogP contribution >= 0.6 is 15.9 Å². The van der Waals surface area contributed by atoms with Crippen LogP contribution in [-0.2, 0) is 6.54 Å². The number of ether oxygens (including phenoxy) is 1. The molecule has 0 amide bonds. The minimum Gasteiger partial charge on any atom is -0.490 e. The second-order valence-corrected chi connectivity index (χ2v) is 6.63. The molecule has 0 aromatic heterocycles. The van der Waals surface area contributed by atoms with Gasteiger partial charge in [0.05, 0.1) is 6.10 Å². The predicted octanol–water partition coefficient (Wildman–Crippen LogP) is 4.91. The molecule has 0 heterocycles. The van der Waals surface area contributed by atoms with E-state index >= 15 is 0 Å². The van der Waals surface area contributed by atoms with Crippen molar-refractivity contribution < 1.29 is 4.74 Å². The van der Waals surface area contributed by atoms with Crippen molar-refractivity contribution in [1.29, 1.82) is 0 Å². The first-order valence-corrected chi connectivity index (χ1v) is 8.68. The number of rotatable bonds is 6. The Labute approximate surface area is 131 Å². The maximum atomic E-state index is 6.31. The van der Waals surface area contributed by atoms with E-state index in [2.05, 4.69) is 53.3 Å². The average molecular weight is 340 g/mol. The van der Waals surface area contributed by atoms with E-state index < -0.39 is 0 Å². The zero-order valence-electron chi connectivity index (χ0n) is 12.6. The molecule has 1 N–H and O–H groups in total. The van der Waals surface area contributed by atoms with Gasteiger partial charge in [0.2, 0.25) is 0 Å². The van der Waals surface area contributed by atoms with Crippen molar-refractivity contribution >= 4 is 15.9 Å². The summed E-state index contributed by atoms with van der Waals surface area (Å²) in [5.74, 6) is 1.90. The Morgan fingerprint density at radius 3 is 2.90 bits per heavy atom. The third kappa shape index (κ3) is 4.49. The lowest BCUT2D eigenvalue weighted by Gasteiger charge is -2.29. The van der Waals surface area contributed by atoms with E-state index in [1.165, 1.54) is 37.7 Å². The van der Waals surface area contributed by atoms with Gasteiger partial charge in [0.15, 0.2) is 0 Å². The Bertz CT molecular complexity index is 421. The highest BCUT2D eigenvalue weighted by Gasteiger charge is 2.22. The second-order valence-electron chi connectivity index (χ2n) is 5.71. The molecule has 0 spiro atoms. The molecule has 1 saturated carbocycles. The Kier molecular flexibility index (Phi) is 6.37. The largest absolute Gasteiger partial charge is 0.490 e. The van der Waals surface area contributed by atoms with Crippen molar-refractivity contribution in [2.45, 2.75) is 58.6 Å². The third-order valence-electron chi connectivity index (χ3n) is 4.19. The number of hydrogen-bond acceptors (Lipinski definition) is 2. The Hall–Kier alpha value is -0.540. The lowest BCUT2D eigenvalue weighted by molar-refractivity contribution is 0.121. The summed E-state index contributed by atoms with van der Waals surface area (Å²) in [4.78, 5) is 0. The van der Waals surface area contributed by atoms with Gasteiger partial charge >= 0.3 is 0 Å². The van der Waals surface area contributed by atoms with Gasteiger partial charge in [-0.1, -0.05) is 42.6 Å². The Morgan fingerprint density at radius 1 is 1.30 bits per heavy atom. The van der Waals surface area contributed by atoms with E-state index in [4.69, 9.17) is 4.74 Å². The summed E-state index contributed by atoms with van der Waals surface area (Å²) in [5, 5.41) is 3.39. The van der Waals surface area contributed by atoms with Gasteiger partial charge in [-0.25, -0.2) is 0 Å². The fourth-order valence-electron chi connectivity index (χ4n) is 2.96. The molecule has 1 aromatic carbocycles. The molecule has 20 heavy (non-hydrogen) atoms. The molecule has 0 bridgehead atoms. The zero-order valence-corrected chi connectivity index (χ0v) is 14.2. The van der Waals surface area contributed by atoms with Crippen LogP contribution in [0.5, 0.6) is 5.75 Å². The molecule has 2 nitrogen and oxygen atoms in total. The van der Waals surface area contributed by atoms with Gasteiger partial charge in [-0.2, -0.15) is 0 Å². The average Bonchev–Trinajstić information content (AvgIpc) is 2.47. The van der Waals surface area contributed by atoms with Crippen molar-refractivity contribution in [2.75, 3.05) is 6.54 Å². The Morgan fingerprint density at radius 2 is 2.15 bits per heavy atom. The standard InChI is InChI=1S/C17H26BrNO/c1-3-13-6-5-7-16(10-13)20-17-9-8-15(18)11-14(17)12-19-4-2/h8-9,11,13,16,19H,3-7,10,12H2,1-2H3. The lowest BCUT2D eigenvalue weighted by atomic mass is 9.85. The molecule has 1 aromatic rings. The molecule has 1 fully saturated rings. The monoisotopic (exact) mass is 339 g/mol. The molecule has 0 radical (unpaired) electrons. The number of benzene rings is 1. The van der Waals surface area contributed by atoms with Crippen molar-refractivity contribution in [3.8, 4) is 5.75 Å². The van der Waals surface area contributed by atoms with Gasteiger partial charge in [0.1, 0.15) is 5.75 Å². The maximum Gasteiger partial charge on any atom is 0.124 e. The fourth-order valence-corrected chi connectivity index (χ4v) is 3.37. The summed E-state index contributed by atoms with van der Waals surface area (Å²) in [6.07, 6.45) is 6.78. The van der Waals surface area contributed by atoms with E-state index in [9.17, 15) is 0 Å². The van der Waals surface area contributed by atoms with Crippen LogP contribution in [0.2, 0.25) is 0 Å². The molecule has 0 saturated heterocycles. The SMILES string of the molecule is CCNCc1cc(Br)ccc1OC1CCCC(CC)C1. The third-order valence-corrected chi connectivity index (χ3v) is 4.69. The topological polar surface area (TPSA) is 21.3 Å². The first kappa shape index (κ1) is 15.8. The summed E-state index contributed by atoms with van der Waals surface area (Å²) >= 11 is 3.55. The molecular formula is C17H26BrNO. The van der Waals surface area contributed by atoms with Crippen LogP contribution in [-0.4, -0.2) is 12.6 Å². The van der Waals surface area contributed by atoms with E-state index in [0.29, 0.717) is 6.10 Å². The van der Waals surface area contributed by atoms with Gasteiger partial charge in [0.25, 0.3) is 0 Å². The van der Waals surface area contributed by atoms with Gasteiger partial charge in [0, 0.05) is 16.6 Å². The Balaban J connectivity index is 2.03. The molecule has 112 valence electrons. The predicted molar refractivity (Wildman–Crippen MR) is 88.2 cm³/mol. The molecule has 3 heteroatoms. The van der Waals surface area contributed by atoms with E-state index in [1.54, 1.807) is 0 Å². The number of halogens is 1. The van der Waals surface area contributed by atoms with E-state index in [-0.39, 0.29) is 0 Å². The minimum absolute atomic E-state index is 0.398. The highest BCUT2D eigenvalue weighted by atomic mass is 79.9. The van der Waals surface area contributed by atoms with E-state index in [0.717, 1.165) is 29.2 Å². The zero-order chi connectivity index (χ0) is 14.4. The highest BCUT2D eigenvalue weighted by molar-refractivity contribution is 9.10. The molecule has 1 aliphatic carbocycles. The maximum absolute atomic E-state index is 6.31. The van der Waals surface area contributed by atoms with Crippen LogP contribution in [0.25, 0.3) is 0 Å². The smallest absolute Gasteiger partial charge is 0.124 e. The van der Waals surface area contributed by atoms with Crippen molar-refractivity contribution in [3.05, 3.63) is 28.2 Å². The van der Waals surface area contributed by atoms with E-state index in [1.807, 2.05) is 0 Å². The van der Waals surface area contributed by atoms with Crippen LogP contribution in [0, 0.1) is 5.92 Å². The van der Waals surface area contributed by atoms with Crippen LogP contribution in [0.15, 0.2) is 22.7 Å². The summed E-state index contributed by atoms with van der Waals surface area (Å²) < 4.78 is 7.43. The molecule has 2 unspecified atom stereocenters. The number of hydrogen-bond donors (Lipinski definition) is 1. The van der Waals surface area contributed by atoms with Gasteiger partial charge in [-0.05, 0) is 49.9 Å². The van der Waals surface area contributed by atoms with Crippen molar-refractivity contribution in [2.24, 2.45) is 5.92 Å². The van der Waals surface area contributed by atoms with Crippen LogP contribution in [0.1, 0.15) is 51.5 Å². The van der Waals surface area contributed by atoms with Crippen molar-refractivity contribution in [3.63, 3.8) is 0 Å². The van der Waals surface area contributed by atoms with Gasteiger partial charge in [-0.15, -0.1) is 0 Å². The molecule has 0 aliphatic heterocycles. The second kappa shape index (κ2) is 8.04. The normalized spacial score (nSPS) is 22.8. The van der Waals surface area contributed by atoms with Gasteiger partial charge < -0.3 is 10.1 Å². The van der Waals surface area contributed by atoms with Crippen LogP contribution < -0.4 is 10.1 Å². The summed E-state index contributed by atoms with van der Waals surface area (Å²) in [6.45, 7) is 6.28. The quantitative estimate of drug-likeness (QED) is 0.795. The summed E-state index contributed by atoms with van der Waals surface area (Å²) in [7, 11) is 0. The summed E-state index contributed by atoms with van der Waals surface area (Å²) in [6, 6.07) is 6.34. The minimum atomic E-state index is 0.398. The van der Waals surface area contributed by atoms with Gasteiger partial charge in [-0.3, -0.25) is 0 Å². The summed E-state index contributed by atoms with van der Waals surface area (Å²) in [5.41, 5.74) is 1.25. The molecule has 2 rings (SSSR count). The fraction of sp³-hybridized carbons (Fsp3) is 0.647. The lowest BCUT2D eigenvalue weighted by Crippen LogP contribution is -2.26. The molecule has 2 atom stereocenters. The number of nitrogens with one attached hydrogen (secondary N) is 1. The van der Waals surface area contributed by atoms with Crippen molar-refractivity contribution in [1.82, 2.24) is 5.32 Å². The molecular weight excluding hydrogens is 314 g/mol. The molecule has 1 aliphatic rings. The first-order valence-electron chi connectivity index (χ1n) is 7.88. The highest BCUT2D eigenvalue weighted by Crippen LogP contribution is 2.31. The first-order chi connectivity index (χ1) is 9.72. The van der Waals surface area contributed by atoms with Crippen LogP contribution in [0.4, 0.5) is 0 Å². The van der Waals surface area contributed by atoms with Crippen LogP contribution in [0.3, 0.4) is 0 Å².